The monoisotopic (exact) mass is 296 g/mol. The zero-order valence-corrected chi connectivity index (χ0v) is 12.6. The van der Waals surface area contributed by atoms with E-state index in [-0.39, 0.29) is 24.1 Å². The lowest BCUT2D eigenvalue weighted by Gasteiger charge is -2.39. The molecule has 3 heteroatoms. The summed E-state index contributed by atoms with van der Waals surface area (Å²) >= 11 is 0. The van der Waals surface area contributed by atoms with Crippen molar-refractivity contribution in [2.75, 3.05) is 0 Å². The fourth-order valence-corrected chi connectivity index (χ4v) is 3.60. The number of ketones is 1. The molecule has 2 fully saturated rings. The van der Waals surface area contributed by atoms with Crippen molar-refractivity contribution in [3.63, 3.8) is 0 Å². The lowest BCUT2D eigenvalue weighted by atomic mass is 9.77. The van der Waals surface area contributed by atoms with Crippen LogP contribution < -0.4 is 0 Å². The van der Waals surface area contributed by atoms with E-state index in [2.05, 4.69) is 11.8 Å². The van der Waals surface area contributed by atoms with Crippen molar-refractivity contribution in [1.29, 1.82) is 0 Å². The maximum atomic E-state index is 11.9. The van der Waals surface area contributed by atoms with Crippen molar-refractivity contribution in [1.82, 2.24) is 0 Å². The van der Waals surface area contributed by atoms with Crippen LogP contribution in [0.25, 0.3) is 0 Å². The zero-order valence-electron chi connectivity index (χ0n) is 12.6. The highest BCUT2D eigenvalue weighted by molar-refractivity contribution is 5.98. The van der Waals surface area contributed by atoms with E-state index >= 15 is 0 Å². The van der Waals surface area contributed by atoms with Crippen LogP contribution in [-0.4, -0.2) is 17.4 Å². The number of ether oxygens (including phenoxy) is 1. The number of cyclic esters (lactones) is 1. The van der Waals surface area contributed by atoms with Crippen LogP contribution in [-0.2, 0) is 14.3 Å². The second-order valence-corrected chi connectivity index (χ2v) is 6.26. The van der Waals surface area contributed by atoms with Gasteiger partial charge in [-0.25, -0.2) is 0 Å². The molecule has 1 heterocycles. The van der Waals surface area contributed by atoms with Gasteiger partial charge in [-0.15, -0.1) is 0 Å². The molecule has 0 amide bonds. The van der Waals surface area contributed by atoms with Gasteiger partial charge in [-0.3, -0.25) is 9.59 Å². The molecule has 114 valence electrons. The van der Waals surface area contributed by atoms with E-state index in [9.17, 15) is 9.59 Å². The molecule has 1 saturated heterocycles. The summed E-state index contributed by atoms with van der Waals surface area (Å²) in [6.07, 6.45) is 5.02. The average molecular weight is 296 g/mol. The molecule has 0 spiro atoms. The fraction of sp³-hybridized carbons (Fsp3) is 0.474. The van der Waals surface area contributed by atoms with Gasteiger partial charge >= 0.3 is 5.97 Å². The standard InChI is InChI=1S/C19H20O3/c20-17-13-18(21)22-19(14-17,16-10-4-5-11-16)12-6-9-15-7-2-1-3-8-15/h1-3,7-8,16H,4-5,10-14H2. The summed E-state index contributed by atoms with van der Waals surface area (Å²) in [5.41, 5.74) is 0.252. The lowest BCUT2D eigenvalue weighted by molar-refractivity contribution is -0.176. The lowest BCUT2D eigenvalue weighted by Crippen LogP contribution is -2.47. The van der Waals surface area contributed by atoms with Crippen molar-refractivity contribution in [2.24, 2.45) is 5.92 Å². The molecule has 1 unspecified atom stereocenters. The minimum atomic E-state index is -0.690. The number of esters is 1. The van der Waals surface area contributed by atoms with Crippen molar-refractivity contribution < 1.29 is 14.3 Å². The van der Waals surface area contributed by atoms with E-state index < -0.39 is 5.60 Å². The van der Waals surface area contributed by atoms with Crippen LogP contribution in [0.2, 0.25) is 0 Å². The first kappa shape index (κ1) is 14.8. The molecule has 0 N–H and O–H groups in total. The van der Waals surface area contributed by atoms with Gasteiger partial charge < -0.3 is 4.74 Å². The van der Waals surface area contributed by atoms with Crippen LogP contribution in [0.5, 0.6) is 0 Å². The number of hydrogen-bond donors (Lipinski definition) is 0. The summed E-state index contributed by atoms with van der Waals surface area (Å²) in [4.78, 5) is 23.7. The maximum Gasteiger partial charge on any atom is 0.313 e. The first-order chi connectivity index (χ1) is 10.7. The van der Waals surface area contributed by atoms with E-state index in [1.807, 2.05) is 30.3 Å². The Balaban J connectivity index is 1.81. The normalized spacial score (nSPS) is 25.5. The molecule has 3 rings (SSSR count). The van der Waals surface area contributed by atoms with Gasteiger partial charge in [0.25, 0.3) is 0 Å². The summed E-state index contributed by atoms with van der Waals surface area (Å²) in [5, 5.41) is 0. The number of benzene rings is 1. The van der Waals surface area contributed by atoms with Gasteiger partial charge in [0.05, 0.1) is 6.42 Å². The Morgan fingerprint density at radius 1 is 1.14 bits per heavy atom. The van der Waals surface area contributed by atoms with E-state index in [0.29, 0.717) is 12.8 Å². The zero-order chi connectivity index (χ0) is 15.4. The molecule has 3 nitrogen and oxygen atoms in total. The molecule has 1 saturated carbocycles. The summed E-state index contributed by atoms with van der Waals surface area (Å²) in [6.45, 7) is 0. The Kier molecular flexibility index (Phi) is 4.29. The summed E-state index contributed by atoms with van der Waals surface area (Å²) in [6, 6.07) is 9.75. The summed E-state index contributed by atoms with van der Waals surface area (Å²) < 4.78 is 5.70. The van der Waals surface area contributed by atoms with E-state index in [0.717, 1.165) is 31.2 Å². The molecule has 0 bridgehead atoms. The third-order valence-corrected chi connectivity index (χ3v) is 4.65. The van der Waals surface area contributed by atoms with Gasteiger partial charge in [-0.05, 0) is 25.0 Å². The van der Waals surface area contributed by atoms with Crippen LogP contribution >= 0.6 is 0 Å². The number of hydrogen-bond acceptors (Lipinski definition) is 3. The van der Waals surface area contributed by atoms with Gasteiger partial charge in [0, 0.05) is 17.9 Å². The number of Topliss-reactive ketones (excluding diaryl/α,β-unsaturated/α-hetero) is 1. The van der Waals surface area contributed by atoms with Crippen LogP contribution in [0.15, 0.2) is 30.3 Å². The molecule has 0 radical (unpaired) electrons. The fourth-order valence-electron chi connectivity index (χ4n) is 3.60. The highest BCUT2D eigenvalue weighted by Gasteiger charge is 2.47. The largest absolute Gasteiger partial charge is 0.457 e. The van der Waals surface area contributed by atoms with Gasteiger partial charge in [0.15, 0.2) is 0 Å². The molecule has 1 aromatic rings. The Hall–Kier alpha value is -2.08. The van der Waals surface area contributed by atoms with E-state index in [1.165, 1.54) is 0 Å². The number of carbonyl (C=O) groups is 2. The molecule has 1 aliphatic carbocycles. The first-order valence-electron chi connectivity index (χ1n) is 7.95. The molecule has 0 aromatic heterocycles. The Morgan fingerprint density at radius 3 is 2.55 bits per heavy atom. The minimum Gasteiger partial charge on any atom is -0.457 e. The van der Waals surface area contributed by atoms with Crippen LogP contribution in [0.4, 0.5) is 0 Å². The van der Waals surface area contributed by atoms with Crippen LogP contribution in [0, 0.1) is 17.8 Å². The quantitative estimate of drug-likeness (QED) is 0.478. The average Bonchev–Trinajstić information content (AvgIpc) is 3.02. The smallest absolute Gasteiger partial charge is 0.313 e. The minimum absolute atomic E-state index is 0.00957. The van der Waals surface area contributed by atoms with E-state index in [4.69, 9.17) is 4.74 Å². The molecular formula is C19H20O3. The number of carbonyl (C=O) groups excluding carboxylic acids is 2. The molecule has 22 heavy (non-hydrogen) atoms. The maximum absolute atomic E-state index is 11.9. The summed E-state index contributed by atoms with van der Waals surface area (Å²) in [7, 11) is 0. The molecule has 1 aliphatic heterocycles. The van der Waals surface area contributed by atoms with Gasteiger partial charge in [-0.2, -0.15) is 0 Å². The Bertz CT molecular complexity index is 599. The molecular weight excluding hydrogens is 276 g/mol. The molecule has 1 atom stereocenters. The van der Waals surface area contributed by atoms with Crippen molar-refractivity contribution >= 4 is 11.8 Å². The number of rotatable bonds is 2. The third kappa shape index (κ3) is 3.22. The Labute approximate surface area is 131 Å². The highest BCUT2D eigenvalue weighted by Crippen LogP contribution is 2.43. The van der Waals surface area contributed by atoms with Gasteiger partial charge in [-0.1, -0.05) is 42.9 Å². The predicted molar refractivity (Wildman–Crippen MR) is 83.0 cm³/mol. The van der Waals surface area contributed by atoms with Gasteiger partial charge in [0.2, 0.25) is 0 Å². The molecule has 1 aromatic carbocycles. The first-order valence-corrected chi connectivity index (χ1v) is 7.95. The SMILES string of the molecule is O=C1CC(=O)OC(CC#Cc2ccccc2)(C2CCCC2)C1. The van der Waals surface area contributed by atoms with Crippen molar-refractivity contribution in [2.45, 2.75) is 50.5 Å². The van der Waals surface area contributed by atoms with Crippen LogP contribution in [0.1, 0.15) is 50.5 Å². The third-order valence-electron chi connectivity index (χ3n) is 4.65. The van der Waals surface area contributed by atoms with E-state index in [1.54, 1.807) is 0 Å². The van der Waals surface area contributed by atoms with Crippen molar-refractivity contribution in [3.8, 4) is 11.8 Å². The second kappa shape index (κ2) is 6.36. The summed E-state index contributed by atoms with van der Waals surface area (Å²) in [5.74, 6) is 6.14. The topological polar surface area (TPSA) is 43.4 Å². The highest BCUT2D eigenvalue weighted by atomic mass is 16.6. The Morgan fingerprint density at radius 2 is 1.86 bits per heavy atom. The predicted octanol–water partition coefficient (Wildman–Crippen LogP) is 3.26. The van der Waals surface area contributed by atoms with Crippen molar-refractivity contribution in [3.05, 3.63) is 35.9 Å². The molecule has 2 aliphatic rings. The van der Waals surface area contributed by atoms with Crippen LogP contribution in [0.3, 0.4) is 0 Å². The van der Waals surface area contributed by atoms with Gasteiger partial charge in [0.1, 0.15) is 17.8 Å². The second-order valence-electron chi connectivity index (χ2n) is 6.26.